The van der Waals surface area contributed by atoms with Crippen LogP contribution < -0.4 is 20.5 Å². The van der Waals surface area contributed by atoms with Gasteiger partial charge in [0.1, 0.15) is 0 Å². The molecule has 1 heterocycles. The first-order chi connectivity index (χ1) is 10.1. The van der Waals surface area contributed by atoms with Crippen molar-refractivity contribution in [3.05, 3.63) is 23.8 Å². The van der Waals surface area contributed by atoms with Gasteiger partial charge in [-0.1, -0.05) is 6.07 Å². The normalized spacial score (nSPS) is 19.0. The van der Waals surface area contributed by atoms with Gasteiger partial charge in [0.2, 0.25) is 0 Å². The maximum Gasteiger partial charge on any atom is 0.161 e. The Balaban J connectivity index is 2.12. The molecule has 0 radical (unpaired) electrons. The molecule has 21 heavy (non-hydrogen) atoms. The molecule has 2 rings (SSSR count). The lowest BCUT2D eigenvalue weighted by atomic mass is 9.99. The second-order valence-electron chi connectivity index (χ2n) is 5.69. The molecule has 1 aromatic rings. The third-order valence-electron chi connectivity index (χ3n) is 3.93. The molecule has 5 nitrogen and oxygen atoms in total. The first-order valence-corrected chi connectivity index (χ1v) is 7.61. The molecule has 0 saturated carbocycles. The Morgan fingerprint density at radius 1 is 1.29 bits per heavy atom. The number of benzene rings is 1. The number of nitrogens with one attached hydrogen (secondary N) is 1. The highest BCUT2D eigenvalue weighted by molar-refractivity contribution is 5.43. The number of methoxy groups -OCH3 is 1. The minimum Gasteiger partial charge on any atom is -0.493 e. The van der Waals surface area contributed by atoms with Crippen molar-refractivity contribution in [1.29, 1.82) is 0 Å². The predicted octanol–water partition coefficient (Wildman–Crippen LogP) is 1.22. The van der Waals surface area contributed by atoms with E-state index in [9.17, 15) is 0 Å². The third-order valence-corrected chi connectivity index (χ3v) is 3.93. The number of hydrogen-bond donors (Lipinski definition) is 2. The number of nitrogens with two attached hydrogens (primary N) is 1. The second kappa shape index (κ2) is 7.11. The van der Waals surface area contributed by atoms with Crippen LogP contribution in [-0.4, -0.2) is 50.5 Å². The number of nitrogens with zero attached hydrogens (tertiary/aromatic N) is 1. The van der Waals surface area contributed by atoms with Gasteiger partial charge in [-0.25, -0.2) is 0 Å². The average molecular weight is 293 g/mol. The van der Waals surface area contributed by atoms with Crippen molar-refractivity contribution >= 4 is 0 Å². The highest BCUT2D eigenvalue weighted by Crippen LogP contribution is 2.29. The zero-order valence-corrected chi connectivity index (χ0v) is 13.3. The summed E-state index contributed by atoms with van der Waals surface area (Å²) in [5.74, 6) is 1.55. The van der Waals surface area contributed by atoms with Crippen molar-refractivity contribution < 1.29 is 9.47 Å². The van der Waals surface area contributed by atoms with E-state index in [1.165, 1.54) is 5.56 Å². The molecule has 1 saturated heterocycles. The number of hydrogen-bond acceptors (Lipinski definition) is 5. The summed E-state index contributed by atoms with van der Waals surface area (Å²) in [6, 6.07) is 6.05. The van der Waals surface area contributed by atoms with Crippen LogP contribution in [0.2, 0.25) is 0 Å². The summed E-state index contributed by atoms with van der Waals surface area (Å²) < 4.78 is 11.0. The van der Waals surface area contributed by atoms with Crippen molar-refractivity contribution in [3.63, 3.8) is 0 Å². The first-order valence-electron chi connectivity index (χ1n) is 7.61. The van der Waals surface area contributed by atoms with Gasteiger partial charge in [-0.2, -0.15) is 0 Å². The first kappa shape index (κ1) is 16.1. The van der Waals surface area contributed by atoms with Crippen LogP contribution in [0.15, 0.2) is 18.2 Å². The Bertz CT molecular complexity index is 457. The molecular weight excluding hydrogens is 266 g/mol. The Hall–Kier alpha value is -1.30. The van der Waals surface area contributed by atoms with Crippen LogP contribution in [0.25, 0.3) is 0 Å². The Kier molecular flexibility index (Phi) is 5.45. The van der Waals surface area contributed by atoms with Gasteiger partial charge in [0, 0.05) is 32.6 Å². The zero-order chi connectivity index (χ0) is 15.3. The topological polar surface area (TPSA) is 59.8 Å². The van der Waals surface area contributed by atoms with Crippen molar-refractivity contribution in [2.45, 2.75) is 25.9 Å². The maximum atomic E-state index is 6.54. The molecule has 0 amide bonds. The summed E-state index contributed by atoms with van der Waals surface area (Å²) in [4.78, 5) is 2.34. The molecular formula is C16H27N3O2. The molecule has 0 bridgehead atoms. The molecule has 1 aromatic carbocycles. The molecule has 118 valence electrons. The maximum absolute atomic E-state index is 6.54. The molecule has 3 N–H and O–H groups in total. The fourth-order valence-corrected chi connectivity index (χ4v) is 2.80. The van der Waals surface area contributed by atoms with Crippen LogP contribution in [-0.2, 0) is 6.42 Å². The van der Waals surface area contributed by atoms with E-state index in [1.54, 1.807) is 7.11 Å². The van der Waals surface area contributed by atoms with E-state index in [2.05, 4.69) is 23.2 Å². The van der Waals surface area contributed by atoms with Gasteiger partial charge in [0.15, 0.2) is 11.5 Å². The predicted molar refractivity (Wildman–Crippen MR) is 84.9 cm³/mol. The van der Waals surface area contributed by atoms with Crippen molar-refractivity contribution in [3.8, 4) is 11.5 Å². The molecule has 1 aliphatic heterocycles. The fraction of sp³-hybridized carbons (Fsp3) is 0.625. The molecule has 0 spiro atoms. The smallest absolute Gasteiger partial charge is 0.161 e. The Labute approximate surface area is 127 Å². The Morgan fingerprint density at radius 2 is 2.00 bits per heavy atom. The van der Waals surface area contributed by atoms with Gasteiger partial charge >= 0.3 is 0 Å². The van der Waals surface area contributed by atoms with Gasteiger partial charge in [-0.05, 0) is 31.5 Å². The summed E-state index contributed by atoms with van der Waals surface area (Å²) in [7, 11) is 1.66. The van der Waals surface area contributed by atoms with E-state index in [4.69, 9.17) is 15.2 Å². The van der Waals surface area contributed by atoms with Gasteiger partial charge in [0.25, 0.3) is 0 Å². The summed E-state index contributed by atoms with van der Waals surface area (Å²) in [6.45, 7) is 8.67. The average Bonchev–Trinajstić information content (AvgIpc) is 2.48. The minimum atomic E-state index is -0.347. The van der Waals surface area contributed by atoms with Crippen molar-refractivity contribution in [1.82, 2.24) is 10.2 Å². The third kappa shape index (κ3) is 4.09. The summed E-state index contributed by atoms with van der Waals surface area (Å²) in [6.07, 6.45) is 0.789. The number of rotatable bonds is 6. The number of ether oxygens (including phenoxy) is 2. The second-order valence-corrected chi connectivity index (χ2v) is 5.69. The number of piperazine rings is 1. The Morgan fingerprint density at radius 3 is 2.62 bits per heavy atom. The van der Waals surface area contributed by atoms with Crippen molar-refractivity contribution in [2.75, 3.05) is 39.9 Å². The lowest BCUT2D eigenvalue weighted by Crippen LogP contribution is -2.60. The highest BCUT2D eigenvalue weighted by Gasteiger charge is 2.28. The molecule has 1 atom stereocenters. The lowest BCUT2D eigenvalue weighted by Gasteiger charge is -2.41. The minimum absolute atomic E-state index is 0.347. The quantitative estimate of drug-likeness (QED) is 0.826. The van der Waals surface area contributed by atoms with Crippen LogP contribution in [0.3, 0.4) is 0 Å². The molecule has 1 aliphatic rings. The van der Waals surface area contributed by atoms with Crippen LogP contribution in [0.1, 0.15) is 19.4 Å². The standard InChI is InChI=1S/C16H27N3O2/c1-4-21-15-11-13(5-6-14(15)20-3)12-16(2,17)19-9-7-18-8-10-19/h5-6,11,18H,4,7-10,12,17H2,1-3H3. The van der Waals surface area contributed by atoms with E-state index in [0.717, 1.165) is 44.1 Å². The van der Waals surface area contributed by atoms with Crippen LogP contribution in [0.5, 0.6) is 11.5 Å². The summed E-state index contributed by atoms with van der Waals surface area (Å²) >= 11 is 0. The summed E-state index contributed by atoms with van der Waals surface area (Å²) in [5.41, 5.74) is 7.37. The molecule has 0 aromatic heterocycles. The molecule has 1 unspecified atom stereocenters. The van der Waals surface area contributed by atoms with Gasteiger partial charge in [0.05, 0.1) is 19.4 Å². The van der Waals surface area contributed by atoms with E-state index in [-0.39, 0.29) is 5.66 Å². The summed E-state index contributed by atoms with van der Waals surface area (Å²) in [5, 5.41) is 3.36. The van der Waals surface area contributed by atoms with Crippen LogP contribution in [0, 0.1) is 0 Å². The fourth-order valence-electron chi connectivity index (χ4n) is 2.80. The molecule has 1 fully saturated rings. The van der Waals surface area contributed by atoms with Crippen molar-refractivity contribution in [2.24, 2.45) is 5.73 Å². The van der Waals surface area contributed by atoms with E-state index < -0.39 is 0 Å². The van der Waals surface area contributed by atoms with E-state index in [0.29, 0.717) is 6.61 Å². The molecule has 0 aliphatic carbocycles. The van der Waals surface area contributed by atoms with Crippen LogP contribution in [0.4, 0.5) is 0 Å². The lowest BCUT2D eigenvalue weighted by molar-refractivity contribution is 0.0931. The van der Waals surface area contributed by atoms with Gasteiger partial charge in [-0.3, -0.25) is 4.90 Å². The van der Waals surface area contributed by atoms with Gasteiger partial charge in [-0.15, -0.1) is 0 Å². The largest absolute Gasteiger partial charge is 0.493 e. The van der Waals surface area contributed by atoms with Crippen LogP contribution >= 0.6 is 0 Å². The molecule has 5 heteroatoms. The van der Waals surface area contributed by atoms with Gasteiger partial charge < -0.3 is 20.5 Å². The SMILES string of the molecule is CCOc1cc(CC(C)(N)N2CCNCC2)ccc1OC. The zero-order valence-electron chi connectivity index (χ0n) is 13.3. The van der Waals surface area contributed by atoms with E-state index >= 15 is 0 Å². The van der Waals surface area contributed by atoms with E-state index in [1.807, 2.05) is 19.1 Å². The highest BCUT2D eigenvalue weighted by atomic mass is 16.5. The monoisotopic (exact) mass is 293 g/mol.